The number of carbonyl (C=O) groups is 1. The van der Waals surface area contributed by atoms with E-state index in [0.717, 1.165) is 0 Å². The molecular formula is C11H12O3. The molecule has 0 radical (unpaired) electrons. The normalized spacial score (nSPS) is 9.71. The Bertz CT molecular complexity index is 356. The number of aromatic hydroxyl groups is 1. The summed E-state index contributed by atoms with van der Waals surface area (Å²) in [5.41, 5.74) is 0.631. The molecule has 1 aromatic carbocycles. The van der Waals surface area contributed by atoms with Crippen molar-refractivity contribution in [3.8, 4) is 5.75 Å². The van der Waals surface area contributed by atoms with Crippen molar-refractivity contribution in [1.29, 1.82) is 0 Å². The topological polar surface area (TPSA) is 57.5 Å². The van der Waals surface area contributed by atoms with Crippen molar-refractivity contribution in [3.63, 3.8) is 0 Å². The fourth-order valence-corrected chi connectivity index (χ4v) is 1.28. The van der Waals surface area contributed by atoms with Gasteiger partial charge in [-0.3, -0.25) is 0 Å². The molecule has 1 aromatic rings. The lowest BCUT2D eigenvalue weighted by Crippen LogP contribution is -2.02. The number of phenolic OH excluding ortho intramolecular Hbond substituents is 1. The zero-order valence-electron chi connectivity index (χ0n) is 7.73. The van der Waals surface area contributed by atoms with Gasteiger partial charge >= 0.3 is 5.97 Å². The molecule has 0 bridgehead atoms. The number of phenols is 1. The summed E-state index contributed by atoms with van der Waals surface area (Å²) in [5, 5.41) is 18.3. The van der Waals surface area contributed by atoms with Gasteiger partial charge in [0.1, 0.15) is 5.75 Å². The maximum absolute atomic E-state index is 10.8. The van der Waals surface area contributed by atoms with Gasteiger partial charge < -0.3 is 10.2 Å². The highest BCUT2D eigenvalue weighted by Crippen LogP contribution is 2.22. The van der Waals surface area contributed by atoms with E-state index in [9.17, 15) is 9.90 Å². The summed E-state index contributed by atoms with van der Waals surface area (Å²) in [7, 11) is 0. The SMILES string of the molecule is C=CCCc1c(O)cccc1C(=O)O. The first-order valence-electron chi connectivity index (χ1n) is 4.32. The van der Waals surface area contributed by atoms with Gasteiger partial charge in [0.15, 0.2) is 0 Å². The molecule has 0 spiro atoms. The van der Waals surface area contributed by atoms with Gasteiger partial charge in [0.2, 0.25) is 0 Å². The molecule has 0 aromatic heterocycles. The molecule has 2 N–H and O–H groups in total. The van der Waals surface area contributed by atoms with Crippen LogP contribution in [0.1, 0.15) is 22.3 Å². The zero-order valence-corrected chi connectivity index (χ0v) is 7.73. The molecule has 0 aliphatic heterocycles. The monoisotopic (exact) mass is 192 g/mol. The van der Waals surface area contributed by atoms with E-state index in [1.54, 1.807) is 6.08 Å². The second-order valence-electron chi connectivity index (χ2n) is 2.94. The van der Waals surface area contributed by atoms with Crippen molar-refractivity contribution in [2.75, 3.05) is 0 Å². The molecule has 14 heavy (non-hydrogen) atoms. The Labute approximate surface area is 82.3 Å². The van der Waals surface area contributed by atoms with E-state index in [4.69, 9.17) is 5.11 Å². The van der Waals surface area contributed by atoms with Crippen LogP contribution in [0, 0.1) is 0 Å². The summed E-state index contributed by atoms with van der Waals surface area (Å²) in [4.78, 5) is 10.8. The van der Waals surface area contributed by atoms with Gasteiger partial charge in [-0.2, -0.15) is 0 Å². The molecular weight excluding hydrogens is 180 g/mol. The standard InChI is InChI=1S/C11H12O3/c1-2-3-5-8-9(11(13)14)6-4-7-10(8)12/h2,4,6-7,12H,1,3,5H2,(H,13,14). The molecule has 74 valence electrons. The first-order valence-corrected chi connectivity index (χ1v) is 4.32. The Morgan fingerprint density at radius 1 is 1.50 bits per heavy atom. The van der Waals surface area contributed by atoms with Crippen molar-refractivity contribution in [2.24, 2.45) is 0 Å². The highest BCUT2D eigenvalue weighted by atomic mass is 16.4. The summed E-state index contributed by atoms with van der Waals surface area (Å²) >= 11 is 0. The van der Waals surface area contributed by atoms with Crippen LogP contribution in [0.2, 0.25) is 0 Å². The van der Waals surface area contributed by atoms with Crippen LogP contribution in [0.25, 0.3) is 0 Å². The van der Waals surface area contributed by atoms with E-state index in [0.29, 0.717) is 18.4 Å². The van der Waals surface area contributed by atoms with Gasteiger partial charge in [-0.25, -0.2) is 4.79 Å². The third-order valence-electron chi connectivity index (χ3n) is 1.98. The molecule has 0 aliphatic rings. The summed E-state index contributed by atoms with van der Waals surface area (Å²) < 4.78 is 0. The summed E-state index contributed by atoms with van der Waals surface area (Å²) in [6.45, 7) is 3.55. The van der Waals surface area contributed by atoms with Crippen LogP contribution < -0.4 is 0 Å². The molecule has 0 heterocycles. The minimum Gasteiger partial charge on any atom is -0.508 e. The van der Waals surface area contributed by atoms with Gasteiger partial charge in [0.25, 0.3) is 0 Å². The average Bonchev–Trinajstić information content (AvgIpc) is 2.15. The number of hydrogen-bond donors (Lipinski definition) is 2. The van der Waals surface area contributed by atoms with Crippen LogP contribution >= 0.6 is 0 Å². The van der Waals surface area contributed by atoms with Gasteiger partial charge in [-0.1, -0.05) is 12.1 Å². The molecule has 0 amide bonds. The van der Waals surface area contributed by atoms with Crippen LogP contribution in [-0.2, 0) is 6.42 Å². The molecule has 3 nitrogen and oxygen atoms in total. The number of rotatable bonds is 4. The maximum atomic E-state index is 10.8. The lowest BCUT2D eigenvalue weighted by Gasteiger charge is -2.06. The lowest BCUT2D eigenvalue weighted by atomic mass is 10.0. The van der Waals surface area contributed by atoms with Crippen LogP contribution in [-0.4, -0.2) is 16.2 Å². The Morgan fingerprint density at radius 2 is 2.21 bits per heavy atom. The largest absolute Gasteiger partial charge is 0.508 e. The van der Waals surface area contributed by atoms with Gasteiger partial charge in [-0.05, 0) is 25.0 Å². The van der Waals surface area contributed by atoms with Gasteiger partial charge in [0.05, 0.1) is 5.56 Å². The van der Waals surface area contributed by atoms with Crippen molar-refractivity contribution in [1.82, 2.24) is 0 Å². The molecule has 0 fully saturated rings. The van der Waals surface area contributed by atoms with Crippen LogP contribution in [0.4, 0.5) is 0 Å². The van der Waals surface area contributed by atoms with E-state index < -0.39 is 5.97 Å². The third-order valence-corrected chi connectivity index (χ3v) is 1.98. The first kappa shape index (κ1) is 10.3. The second kappa shape index (κ2) is 4.46. The van der Waals surface area contributed by atoms with Crippen LogP contribution in [0.15, 0.2) is 30.9 Å². The van der Waals surface area contributed by atoms with Crippen LogP contribution in [0.5, 0.6) is 5.75 Å². The maximum Gasteiger partial charge on any atom is 0.336 e. The quantitative estimate of drug-likeness (QED) is 0.719. The van der Waals surface area contributed by atoms with Gasteiger partial charge in [-0.15, -0.1) is 6.58 Å². The van der Waals surface area contributed by atoms with E-state index in [1.807, 2.05) is 0 Å². The Balaban J connectivity index is 3.08. The molecule has 1 rings (SSSR count). The third kappa shape index (κ3) is 2.13. The highest BCUT2D eigenvalue weighted by molar-refractivity contribution is 5.90. The fourth-order valence-electron chi connectivity index (χ4n) is 1.28. The predicted octanol–water partition coefficient (Wildman–Crippen LogP) is 2.21. The van der Waals surface area contributed by atoms with Gasteiger partial charge in [0, 0.05) is 5.56 Å². The number of hydrogen-bond acceptors (Lipinski definition) is 2. The number of allylic oxidation sites excluding steroid dienone is 1. The lowest BCUT2D eigenvalue weighted by molar-refractivity contribution is 0.0695. The summed E-state index contributed by atoms with van der Waals surface area (Å²) in [6, 6.07) is 4.50. The Kier molecular flexibility index (Phi) is 3.29. The minimum absolute atomic E-state index is 0.0340. The van der Waals surface area contributed by atoms with Crippen molar-refractivity contribution >= 4 is 5.97 Å². The first-order chi connectivity index (χ1) is 6.66. The summed E-state index contributed by atoms with van der Waals surface area (Å²) in [5.74, 6) is -0.980. The average molecular weight is 192 g/mol. The molecule has 0 saturated heterocycles. The molecule has 3 heteroatoms. The van der Waals surface area contributed by atoms with E-state index >= 15 is 0 Å². The number of aromatic carboxylic acids is 1. The predicted molar refractivity (Wildman–Crippen MR) is 53.6 cm³/mol. The second-order valence-corrected chi connectivity index (χ2v) is 2.94. The zero-order chi connectivity index (χ0) is 10.6. The van der Waals surface area contributed by atoms with E-state index in [2.05, 4.69) is 6.58 Å². The van der Waals surface area contributed by atoms with E-state index in [-0.39, 0.29) is 11.3 Å². The number of carboxylic acid groups (broad SMARTS) is 1. The molecule has 0 atom stereocenters. The van der Waals surface area contributed by atoms with Crippen molar-refractivity contribution in [2.45, 2.75) is 12.8 Å². The van der Waals surface area contributed by atoms with Crippen LogP contribution in [0.3, 0.4) is 0 Å². The Morgan fingerprint density at radius 3 is 2.79 bits per heavy atom. The number of benzene rings is 1. The highest BCUT2D eigenvalue weighted by Gasteiger charge is 2.12. The van der Waals surface area contributed by atoms with E-state index in [1.165, 1.54) is 18.2 Å². The number of carboxylic acids is 1. The smallest absolute Gasteiger partial charge is 0.336 e. The molecule has 0 saturated carbocycles. The molecule has 0 unspecified atom stereocenters. The van der Waals surface area contributed by atoms with Crippen molar-refractivity contribution in [3.05, 3.63) is 42.0 Å². The minimum atomic E-state index is -1.01. The van der Waals surface area contributed by atoms with Crippen molar-refractivity contribution < 1.29 is 15.0 Å². The molecule has 0 aliphatic carbocycles. The Hall–Kier alpha value is -1.77. The fraction of sp³-hybridized carbons (Fsp3) is 0.182. The summed E-state index contributed by atoms with van der Waals surface area (Å²) in [6.07, 6.45) is 2.84.